The van der Waals surface area contributed by atoms with E-state index in [-0.39, 0.29) is 0 Å². The highest BCUT2D eigenvalue weighted by Crippen LogP contribution is 2.22. The van der Waals surface area contributed by atoms with Crippen LogP contribution in [0.2, 0.25) is 0 Å². The fourth-order valence-electron chi connectivity index (χ4n) is 2.70. The molecule has 102 valence electrons. The average Bonchev–Trinajstić information content (AvgIpc) is 2.77. The minimum Gasteiger partial charge on any atom is -0.370 e. The topological polar surface area (TPSA) is 39.1 Å². The second-order valence-corrected chi connectivity index (χ2v) is 5.13. The van der Waals surface area contributed by atoms with Gasteiger partial charge in [-0.15, -0.1) is 0 Å². The maximum Gasteiger partial charge on any atom is 0.0889 e. The van der Waals surface area contributed by atoms with Crippen molar-refractivity contribution in [2.75, 3.05) is 7.05 Å². The highest BCUT2D eigenvalue weighted by molar-refractivity contribution is 5.09. The van der Waals surface area contributed by atoms with Crippen LogP contribution in [0.1, 0.15) is 44.0 Å². The van der Waals surface area contributed by atoms with Gasteiger partial charge in [-0.2, -0.15) is 5.10 Å². The summed E-state index contributed by atoms with van der Waals surface area (Å²) in [6, 6.07) is 2.66. The van der Waals surface area contributed by atoms with E-state index < -0.39 is 0 Å². The van der Waals surface area contributed by atoms with Gasteiger partial charge in [0.2, 0.25) is 0 Å². The molecule has 18 heavy (non-hydrogen) atoms. The second kappa shape index (κ2) is 6.34. The lowest BCUT2D eigenvalue weighted by Gasteiger charge is -2.31. The summed E-state index contributed by atoms with van der Waals surface area (Å²) in [5.74, 6) is 0. The largest absolute Gasteiger partial charge is 0.370 e. The fourth-order valence-corrected chi connectivity index (χ4v) is 2.70. The van der Waals surface area contributed by atoms with Crippen molar-refractivity contribution in [1.29, 1.82) is 0 Å². The summed E-state index contributed by atoms with van der Waals surface area (Å²) in [4.78, 5) is 0. The Labute approximate surface area is 110 Å². The van der Waals surface area contributed by atoms with Crippen LogP contribution in [0.25, 0.3) is 0 Å². The van der Waals surface area contributed by atoms with E-state index in [4.69, 9.17) is 4.74 Å². The van der Waals surface area contributed by atoms with Crippen molar-refractivity contribution in [3.05, 3.63) is 17.5 Å². The summed E-state index contributed by atoms with van der Waals surface area (Å²) >= 11 is 0. The van der Waals surface area contributed by atoms with Gasteiger partial charge in [0.1, 0.15) is 0 Å². The zero-order chi connectivity index (χ0) is 13.0. The van der Waals surface area contributed by atoms with Gasteiger partial charge in [0, 0.05) is 13.1 Å². The van der Waals surface area contributed by atoms with Gasteiger partial charge < -0.3 is 10.1 Å². The lowest BCUT2D eigenvalue weighted by molar-refractivity contribution is -0.00617. The molecule has 1 aliphatic carbocycles. The normalized spacial score (nSPS) is 24.4. The van der Waals surface area contributed by atoms with Crippen molar-refractivity contribution < 1.29 is 4.74 Å². The molecule has 1 N–H and O–H groups in total. The summed E-state index contributed by atoms with van der Waals surface area (Å²) in [5, 5.41) is 7.83. The molecular weight excluding hydrogens is 226 g/mol. The Bertz CT molecular complexity index is 375. The van der Waals surface area contributed by atoms with E-state index >= 15 is 0 Å². The van der Waals surface area contributed by atoms with Crippen molar-refractivity contribution in [2.45, 2.75) is 57.8 Å². The molecule has 0 saturated heterocycles. The van der Waals surface area contributed by atoms with Crippen LogP contribution in [0.3, 0.4) is 0 Å². The molecule has 1 aromatic rings. The van der Waals surface area contributed by atoms with E-state index in [2.05, 4.69) is 23.4 Å². The van der Waals surface area contributed by atoms with Crippen molar-refractivity contribution >= 4 is 0 Å². The first-order valence-electron chi connectivity index (χ1n) is 7.05. The monoisotopic (exact) mass is 251 g/mol. The lowest BCUT2D eigenvalue weighted by Crippen LogP contribution is -2.41. The molecule has 0 radical (unpaired) electrons. The summed E-state index contributed by atoms with van der Waals surface area (Å²) in [7, 11) is 4.03. The van der Waals surface area contributed by atoms with Gasteiger partial charge in [0.15, 0.2) is 0 Å². The molecule has 1 aliphatic rings. The Balaban J connectivity index is 1.91. The zero-order valence-corrected chi connectivity index (χ0v) is 11.8. The van der Waals surface area contributed by atoms with Crippen LogP contribution in [0.4, 0.5) is 0 Å². The quantitative estimate of drug-likeness (QED) is 0.870. The highest BCUT2D eigenvalue weighted by Gasteiger charge is 2.24. The number of ether oxygens (including phenoxy) is 1. The molecule has 4 nitrogen and oxygen atoms in total. The van der Waals surface area contributed by atoms with E-state index in [1.165, 1.54) is 31.4 Å². The lowest BCUT2D eigenvalue weighted by atomic mass is 9.92. The van der Waals surface area contributed by atoms with E-state index in [0.29, 0.717) is 18.8 Å². The standard InChI is InChI=1S/C14H25N3O/c1-4-11-9-12(17(3)16-11)10-18-14-8-6-5-7-13(14)15-2/h9,13-15H,4-8,10H2,1-3H3. The third-order valence-electron chi connectivity index (χ3n) is 3.91. The average molecular weight is 251 g/mol. The maximum absolute atomic E-state index is 6.09. The molecule has 2 unspecified atom stereocenters. The Morgan fingerprint density at radius 1 is 1.44 bits per heavy atom. The molecule has 0 bridgehead atoms. The smallest absolute Gasteiger partial charge is 0.0889 e. The number of nitrogens with zero attached hydrogens (tertiary/aromatic N) is 2. The van der Waals surface area contributed by atoms with E-state index in [1.54, 1.807) is 0 Å². The number of aryl methyl sites for hydroxylation is 2. The van der Waals surface area contributed by atoms with Crippen LogP contribution in [-0.2, 0) is 24.8 Å². The highest BCUT2D eigenvalue weighted by atomic mass is 16.5. The van der Waals surface area contributed by atoms with Crippen LogP contribution in [0.5, 0.6) is 0 Å². The van der Waals surface area contributed by atoms with Gasteiger partial charge in [0.25, 0.3) is 0 Å². The van der Waals surface area contributed by atoms with Gasteiger partial charge in [-0.05, 0) is 32.4 Å². The van der Waals surface area contributed by atoms with Crippen molar-refractivity contribution in [3.8, 4) is 0 Å². The summed E-state index contributed by atoms with van der Waals surface area (Å²) in [5.41, 5.74) is 2.32. The van der Waals surface area contributed by atoms with Crippen molar-refractivity contribution in [3.63, 3.8) is 0 Å². The molecule has 1 heterocycles. The number of aromatic nitrogens is 2. The van der Waals surface area contributed by atoms with Gasteiger partial charge in [-0.3, -0.25) is 4.68 Å². The molecule has 2 rings (SSSR count). The van der Waals surface area contributed by atoms with Gasteiger partial charge in [-0.1, -0.05) is 19.8 Å². The number of hydrogen-bond acceptors (Lipinski definition) is 3. The number of rotatable bonds is 5. The Morgan fingerprint density at radius 2 is 2.22 bits per heavy atom. The second-order valence-electron chi connectivity index (χ2n) is 5.13. The molecule has 0 amide bonds. The van der Waals surface area contributed by atoms with Crippen molar-refractivity contribution in [1.82, 2.24) is 15.1 Å². The number of nitrogens with one attached hydrogen (secondary N) is 1. The minimum atomic E-state index is 0.351. The van der Waals surface area contributed by atoms with Gasteiger partial charge in [-0.25, -0.2) is 0 Å². The first-order chi connectivity index (χ1) is 8.74. The molecule has 0 spiro atoms. The third kappa shape index (κ3) is 3.12. The van der Waals surface area contributed by atoms with E-state index in [9.17, 15) is 0 Å². The van der Waals surface area contributed by atoms with Crippen molar-refractivity contribution in [2.24, 2.45) is 7.05 Å². The fraction of sp³-hybridized carbons (Fsp3) is 0.786. The molecule has 1 fully saturated rings. The van der Waals surface area contributed by atoms with E-state index in [0.717, 1.165) is 12.1 Å². The van der Waals surface area contributed by atoms with Gasteiger partial charge in [0.05, 0.1) is 24.1 Å². The number of likely N-dealkylation sites (N-methyl/N-ethyl adjacent to an activating group) is 1. The molecule has 0 aromatic carbocycles. The van der Waals surface area contributed by atoms with Crippen LogP contribution in [0, 0.1) is 0 Å². The first-order valence-corrected chi connectivity index (χ1v) is 7.05. The predicted octanol–water partition coefficient (Wildman–Crippen LogP) is 2.03. The molecule has 2 atom stereocenters. The predicted molar refractivity (Wildman–Crippen MR) is 72.5 cm³/mol. The van der Waals surface area contributed by atoms with Crippen LogP contribution in [0.15, 0.2) is 6.07 Å². The Morgan fingerprint density at radius 3 is 2.89 bits per heavy atom. The van der Waals surface area contributed by atoms with Crippen LogP contribution >= 0.6 is 0 Å². The third-order valence-corrected chi connectivity index (χ3v) is 3.91. The molecule has 1 aromatic heterocycles. The molecule has 4 heteroatoms. The molecule has 1 saturated carbocycles. The summed E-state index contributed by atoms with van der Waals surface area (Å²) in [6.45, 7) is 2.80. The zero-order valence-electron chi connectivity index (χ0n) is 11.8. The van der Waals surface area contributed by atoms with Gasteiger partial charge >= 0.3 is 0 Å². The Kier molecular flexibility index (Phi) is 4.78. The first kappa shape index (κ1) is 13.6. The molecule has 0 aliphatic heterocycles. The molecular formula is C14H25N3O. The summed E-state index contributed by atoms with van der Waals surface area (Å²) in [6.07, 6.45) is 6.34. The SMILES string of the molecule is CCc1cc(COC2CCCCC2NC)n(C)n1. The van der Waals surface area contributed by atoms with Crippen LogP contribution in [-0.4, -0.2) is 29.0 Å². The Hall–Kier alpha value is -0.870. The number of hydrogen-bond donors (Lipinski definition) is 1. The summed E-state index contributed by atoms with van der Waals surface area (Å²) < 4.78 is 8.03. The van der Waals surface area contributed by atoms with Crippen LogP contribution < -0.4 is 5.32 Å². The minimum absolute atomic E-state index is 0.351. The van der Waals surface area contributed by atoms with E-state index in [1.807, 2.05) is 18.8 Å². The maximum atomic E-state index is 6.09.